The van der Waals surface area contributed by atoms with Gasteiger partial charge in [0.1, 0.15) is 0 Å². The molecule has 3 rings (SSSR count). The van der Waals surface area contributed by atoms with Crippen LogP contribution >= 0.6 is 51.5 Å². The van der Waals surface area contributed by atoms with Gasteiger partial charge in [-0.15, -0.1) is 12.4 Å². The van der Waals surface area contributed by atoms with E-state index in [0.717, 1.165) is 47.2 Å². The zero-order chi connectivity index (χ0) is 13.4. The Balaban J connectivity index is 0.00000147. The highest BCUT2D eigenvalue weighted by atomic mass is 79.9. The molecule has 0 saturated carbocycles. The molecule has 3 nitrogen and oxygen atoms in total. The maximum Gasteiger partial charge on any atom is 0.0739 e. The van der Waals surface area contributed by atoms with Crippen LogP contribution in [-0.2, 0) is 0 Å². The lowest BCUT2D eigenvalue weighted by Gasteiger charge is -2.31. The van der Waals surface area contributed by atoms with E-state index in [1.165, 1.54) is 0 Å². The van der Waals surface area contributed by atoms with E-state index in [2.05, 4.69) is 31.1 Å². The van der Waals surface area contributed by atoms with Crippen molar-refractivity contribution in [1.29, 1.82) is 0 Å². The Labute approximate surface area is 142 Å². The van der Waals surface area contributed by atoms with Gasteiger partial charge in [-0.3, -0.25) is 4.98 Å². The van der Waals surface area contributed by atoms with Crippen molar-refractivity contribution in [3.05, 3.63) is 32.8 Å². The van der Waals surface area contributed by atoms with Gasteiger partial charge >= 0.3 is 0 Å². The van der Waals surface area contributed by atoms with Gasteiger partial charge in [0.25, 0.3) is 0 Å². The van der Waals surface area contributed by atoms with Crippen molar-refractivity contribution in [3.8, 4) is 0 Å². The normalized spacial score (nSPS) is 15.2. The number of fused-ring (bicyclic) bond motifs is 1. The Kier molecular flexibility index (Phi) is 5.37. The Morgan fingerprint density at radius 3 is 2.50 bits per heavy atom. The molecule has 108 valence electrons. The molecule has 1 fully saturated rings. The third-order valence-electron chi connectivity index (χ3n) is 3.27. The zero-order valence-electron chi connectivity index (χ0n) is 10.5. The van der Waals surface area contributed by atoms with E-state index in [0.29, 0.717) is 10.0 Å². The fraction of sp³-hybridized carbons (Fsp3) is 0.308. The molecule has 0 spiro atoms. The SMILES string of the molecule is Cl.Clc1cc2ncc(Br)c(N3CCNCC3)c2cc1Cl. The molecule has 2 aromatic rings. The highest BCUT2D eigenvalue weighted by Gasteiger charge is 2.17. The summed E-state index contributed by atoms with van der Waals surface area (Å²) in [5.74, 6) is 0. The van der Waals surface area contributed by atoms with Gasteiger partial charge in [0.2, 0.25) is 0 Å². The van der Waals surface area contributed by atoms with E-state index < -0.39 is 0 Å². The van der Waals surface area contributed by atoms with Crippen LogP contribution in [0.4, 0.5) is 5.69 Å². The third-order valence-corrected chi connectivity index (χ3v) is 4.57. The van der Waals surface area contributed by atoms with E-state index in [1.807, 2.05) is 18.3 Å². The molecule has 0 radical (unpaired) electrons. The van der Waals surface area contributed by atoms with E-state index in [1.54, 1.807) is 0 Å². The van der Waals surface area contributed by atoms with Crippen LogP contribution in [0.3, 0.4) is 0 Å². The second-order valence-corrected chi connectivity index (χ2v) is 6.14. The highest BCUT2D eigenvalue weighted by Crippen LogP contribution is 2.37. The molecule has 0 amide bonds. The first-order valence-corrected chi connectivity index (χ1v) is 7.60. The molecule has 7 heteroatoms. The summed E-state index contributed by atoms with van der Waals surface area (Å²) in [6.45, 7) is 3.91. The number of anilines is 1. The quantitative estimate of drug-likeness (QED) is 0.784. The number of nitrogens with zero attached hydrogens (tertiary/aromatic N) is 2. The summed E-state index contributed by atoms with van der Waals surface area (Å²) < 4.78 is 0.986. The smallest absolute Gasteiger partial charge is 0.0739 e. The van der Waals surface area contributed by atoms with Crippen molar-refractivity contribution < 1.29 is 0 Å². The van der Waals surface area contributed by atoms with Gasteiger partial charge in [-0.05, 0) is 28.1 Å². The number of hydrogen-bond donors (Lipinski definition) is 1. The molecule has 1 aromatic carbocycles. The number of piperazine rings is 1. The first-order chi connectivity index (χ1) is 9.16. The number of rotatable bonds is 1. The van der Waals surface area contributed by atoms with E-state index in [4.69, 9.17) is 23.2 Å². The number of pyridine rings is 1. The molecule has 1 aliphatic heterocycles. The van der Waals surface area contributed by atoms with Gasteiger partial charge in [-0.1, -0.05) is 23.2 Å². The third kappa shape index (κ3) is 3.00. The van der Waals surface area contributed by atoms with Crippen molar-refractivity contribution in [2.24, 2.45) is 0 Å². The first-order valence-electron chi connectivity index (χ1n) is 6.06. The minimum absolute atomic E-state index is 0. The lowest BCUT2D eigenvalue weighted by Crippen LogP contribution is -2.43. The lowest BCUT2D eigenvalue weighted by molar-refractivity contribution is 0.589. The van der Waals surface area contributed by atoms with Crippen LogP contribution in [0.1, 0.15) is 0 Å². The molecule has 1 aliphatic rings. The van der Waals surface area contributed by atoms with Crippen LogP contribution in [0.25, 0.3) is 10.9 Å². The van der Waals surface area contributed by atoms with E-state index in [-0.39, 0.29) is 12.4 Å². The summed E-state index contributed by atoms with van der Waals surface area (Å²) in [5.41, 5.74) is 2.01. The Hall–Kier alpha value is -0.260. The molecule has 1 saturated heterocycles. The number of aromatic nitrogens is 1. The summed E-state index contributed by atoms with van der Waals surface area (Å²) in [7, 11) is 0. The van der Waals surface area contributed by atoms with Crippen molar-refractivity contribution in [3.63, 3.8) is 0 Å². The molecular weight excluding hydrogens is 384 g/mol. The number of hydrogen-bond acceptors (Lipinski definition) is 3. The fourth-order valence-corrected chi connectivity index (χ4v) is 3.25. The zero-order valence-corrected chi connectivity index (χ0v) is 14.4. The maximum atomic E-state index is 6.15. The standard InChI is InChI=1S/C13H12BrCl2N3.ClH/c14-9-7-18-12-6-11(16)10(15)5-8(12)13(9)19-3-1-17-2-4-19;/h5-7,17H,1-4H2;1H. The van der Waals surface area contributed by atoms with Crippen molar-refractivity contribution >= 4 is 68.1 Å². The minimum Gasteiger partial charge on any atom is -0.367 e. The van der Waals surface area contributed by atoms with Gasteiger partial charge in [-0.2, -0.15) is 0 Å². The molecular formula is C13H13BrCl3N3. The molecule has 1 N–H and O–H groups in total. The molecule has 0 aliphatic carbocycles. The van der Waals surface area contributed by atoms with Crippen molar-refractivity contribution in [2.75, 3.05) is 31.1 Å². The van der Waals surface area contributed by atoms with Gasteiger partial charge in [0, 0.05) is 37.8 Å². The number of nitrogens with one attached hydrogen (secondary N) is 1. The first kappa shape index (κ1) is 16.1. The second kappa shape index (κ2) is 6.67. The maximum absolute atomic E-state index is 6.15. The number of halogens is 4. The monoisotopic (exact) mass is 395 g/mol. The predicted molar refractivity (Wildman–Crippen MR) is 91.8 cm³/mol. The molecule has 1 aromatic heterocycles. The Morgan fingerprint density at radius 1 is 1.15 bits per heavy atom. The van der Waals surface area contributed by atoms with Crippen LogP contribution in [0.5, 0.6) is 0 Å². The Bertz CT molecular complexity index is 630. The van der Waals surface area contributed by atoms with Crippen LogP contribution in [0.2, 0.25) is 10.0 Å². The molecule has 0 bridgehead atoms. The summed E-state index contributed by atoms with van der Waals surface area (Å²) in [6, 6.07) is 3.71. The van der Waals surface area contributed by atoms with Gasteiger partial charge < -0.3 is 10.2 Å². The van der Waals surface area contributed by atoms with Crippen LogP contribution in [0.15, 0.2) is 22.8 Å². The Morgan fingerprint density at radius 2 is 1.80 bits per heavy atom. The van der Waals surface area contributed by atoms with Gasteiger partial charge in [0.05, 0.1) is 25.7 Å². The lowest BCUT2D eigenvalue weighted by atomic mass is 10.1. The summed E-state index contributed by atoms with van der Waals surface area (Å²) in [6.07, 6.45) is 1.82. The van der Waals surface area contributed by atoms with Gasteiger partial charge in [0.15, 0.2) is 0 Å². The van der Waals surface area contributed by atoms with Crippen LogP contribution in [-0.4, -0.2) is 31.2 Å². The second-order valence-electron chi connectivity index (χ2n) is 4.48. The molecule has 0 atom stereocenters. The highest BCUT2D eigenvalue weighted by molar-refractivity contribution is 9.10. The largest absolute Gasteiger partial charge is 0.367 e. The van der Waals surface area contributed by atoms with E-state index >= 15 is 0 Å². The predicted octanol–water partition coefficient (Wildman–Crippen LogP) is 4.14. The average molecular weight is 398 g/mol. The summed E-state index contributed by atoms with van der Waals surface area (Å²) >= 11 is 15.8. The fourth-order valence-electron chi connectivity index (χ4n) is 2.36. The average Bonchev–Trinajstić information content (AvgIpc) is 2.42. The van der Waals surface area contributed by atoms with E-state index in [9.17, 15) is 0 Å². The molecule has 20 heavy (non-hydrogen) atoms. The molecule has 2 heterocycles. The summed E-state index contributed by atoms with van der Waals surface area (Å²) in [5, 5.41) is 5.48. The van der Waals surface area contributed by atoms with Crippen molar-refractivity contribution in [2.45, 2.75) is 0 Å². The van der Waals surface area contributed by atoms with Crippen LogP contribution in [0, 0.1) is 0 Å². The summed E-state index contributed by atoms with van der Waals surface area (Å²) in [4.78, 5) is 6.75. The number of benzene rings is 1. The van der Waals surface area contributed by atoms with Crippen LogP contribution < -0.4 is 10.2 Å². The van der Waals surface area contributed by atoms with Crippen molar-refractivity contribution in [1.82, 2.24) is 10.3 Å². The minimum atomic E-state index is 0. The topological polar surface area (TPSA) is 28.2 Å². The molecule has 0 unspecified atom stereocenters. The van der Waals surface area contributed by atoms with Gasteiger partial charge in [-0.25, -0.2) is 0 Å².